The Morgan fingerprint density at radius 1 is 1.50 bits per heavy atom. The molecule has 0 spiro atoms. The highest BCUT2D eigenvalue weighted by Gasteiger charge is 2.33. The highest BCUT2D eigenvalue weighted by molar-refractivity contribution is 8.00. The van der Waals surface area contributed by atoms with E-state index in [-0.39, 0.29) is 5.75 Å². The Morgan fingerprint density at radius 2 is 2.30 bits per heavy atom. The van der Waals surface area contributed by atoms with E-state index < -0.39 is 15.6 Å². The van der Waals surface area contributed by atoms with Gasteiger partial charge in [-0.15, -0.1) is 11.8 Å². The van der Waals surface area contributed by atoms with E-state index in [2.05, 4.69) is 4.72 Å². The van der Waals surface area contributed by atoms with Crippen molar-refractivity contribution in [3.63, 3.8) is 0 Å². The minimum Gasteiger partial charge on any atom is -0.399 e. The van der Waals surface area contributed by atoms with Crippen LogP contribution in [0.25, 0.3) is 0 Å². The zero-order valence-corrected chi connectivity index (χ0v) is 13.1. The maximum absolute atomic E-state index is 12.0. The summed E-state index contributed by atoms with van der Waals surface area (Å²) in [5.74, 6) is 0.581. The number of nitrogen functional groups attached to an aromatic ring is 1. The highest BCUT2D eigenvalue weighted by Crippen LogP contribution is 2.22. The van der Waals surface area contributed by atoms with E-state index >= 15 is 0 Å². The van der Waals surface area contributed by atoms with Crippen molar-refractivity contribution in [3.05, 3.63) is 24.3 Å². The van der Waals surface area contributed by atoms with Crippen molar-refractivity contribution < 1.29 is 13.2 Å². The third-order valence-corrected chi connectivity index (χ3v) is 5.90. The minimum absolute atomic E-state index is 0.0854. The molecule has 0 amide bonds. The molecule has 3 N–H and O–H groups in total. The first-order chi connectivity index (χ1) is 9.39. The number of rotatable bonds is 6. The fourth-order valence-corrected chi connectivity index (χ4v) is 4.90. The van der Waals surface area contributed by atoms with Crippen LogP contribution in [0.4, 0.5) is 5.69 Å². The quantitative estimate of drug-likeness (QED) is 0.613. The summed E-state index contributed by atoms with van der Waals surface area (Å²) < 4.78 is 32.1. The SMILES string of the molecule is CC1(NS(=O)(=O)CCSc2cccc(N)c2)CCOC1. The second-order valence-electron chi connectivity index (χ2n) is 5.21. The van der Waals surface area contributed by atoms with Gasteiger partial charge in [-0.2, -0.15) is 0 Å². The van der Waals surface area contributed by atoms with E-state index in [1.807, 2.05) is 31.2 Å². The Balaban J connectivity index is 1.83. The first-order valence-corrected chi connectivity index (χ1v) is 9.10. The fraction of sp³-hybridized carbons (Fsp3) is 0.538. The van der Waals surface area contributed by atoms with Crippen molar-refractivity contribution in [2.24, 2.45) is 0 Å². The molecule has 1 heterocycles. The third-order valence-electron chi connectivity index (χ3n) is 3.10. The van der Waals surface area contributed by atoms with Gasteiger partial charge in [0.1, 0.15) is 0 Å². The van der Waals surface area contributed by atoms with Gasteiger partial charge in [-0.3, -0.25) is 0 Å². The molecule has 1 fully saturated rings. The van der Waals surface area contributed by atoms with Crippen LogP contribution in [-0.2, 0) is 14.8 Å². The van der Waals surface area contributed by atoms with Crippen molar-refractivity contribution >= 4 is 27.5 Å². The number of anilines is 1. The van der Waals surface area contributed by atoms with Gasteiger partial charge in [0.15, 0.2) is 0 Å². The average Bonchev–Trinajstić information content (AvgIpc) is 2.74. The average molecular weight is 316 g/mol. The second kappa shape index (κ2) is 6.34. The second-order valence-corrected chi connectivity index (χ2v) is 8.22. The standard InChI is InChI=1S/C13H20N2O3S2/c1-13(5-6-18-10-13)15-20(16,17)8-7-19-12-4-2-3-11(14)9-12/h2-4,9,15H,5-8,10,14H2,1H3. The molecule has 0 bridgehead atoms. The van der Waals surface area contributed by atoms with Crippen LogP contribution in [0.2, 0.25) is 0 Å². The first-order valence-electron chi connectivity index (χ1n) is 6.46. The molecular formula is C13H20N2O3S2. The lowest BCUT2D eigenvalue weighted by Crippen LogP contribution is -2.47. The Bertz CT molecular complexity index is 554. The summed E-state index contributed by atoms with van der Waals surface area (Å²) in [4.78, 5) is 0.982. The number of nitrogens with one attached hydrogen (secondary N) is 1. The zero-order chi connectivity index (χ0) is 14.6. The number of ether oxygens (including phenoxy) is 1. The number of sulfonamides is 1. The van der Waals surface area contributed by atoms with Crippen LogP contribution in [0.1, 0.15) is 13.3 Å². The summed E-state index contributed by atoms with van der Waals surface area (Å²) in [5.41, 5.74) is 5.91. The van der Waals surface area contributed by atoms with E-state index in [4.69, 9.17) is 10.5 Å². The molecule has 1 unspecified atom stereocenters. The molecular weight excluding hydrogens is 296 g/mol. The van der Waals surface area contributed by atoms with E-state index in [9.17, 15) is 8.42 Å². The molecule has 7 heteroatoms. The summed E-state index contributed by atoms with van der Waals surface area (Å²) in [5, 5.41) is 0. The largest absolute Gasteiger partial charge is 0.399 e. The number of hydrogen-bond donors (Lipinski definition) is 2. The number of nitrogens with two attached hydrogens (primary N) is 1. The molecule has 1 aromatic rings. The molecule has 0 radical (unpaired) electrons. The highest BCUT2D eigenvalue weighted by atomic mass is 32.2. The molecule has 0 aliphatic carbocycles. The van der Waals surface area contributed by atoms with Crippen LogP contribution in [-0.4, -0.2) is 38.7 Å². The summed E-state index contributed by atoms with van der Waals surface area (Å²) in [6.45, 7) is 2.92. The van der Waals surface area contributed by atoms with Gasteiger partial charge in [0.25, 0.3) is 0 Å². The molecule has 0 saturated carbocycles. The van der Waals surface area contributed by atoms with Crippen LogP contribution in [0.5, 0.6) is 0 Å². The third kappa shape index (κ3) is 4.66. The van der Waals surface area contributed by atoms with Gasteiger partial charge in [-0.05, 0) is 31.5 Å². The monoisotopic (exact) mass is 316 g/mol. The zero-order valence-electron chi connectivity index (χ0n) is 11.5. The molecule has 1 aliphatic heterocycles. The van der Waals surface area contributed by atoms with Gasteiger partial charge in [0, 0.05) is 22.9 Å². The van der Waals surface area contributed by atoms with E-state index in [1.54, 1.807) is 0 Å². The molecule has 20 heavy (non-hydrogen) atoms. The van der Waals surface area contributed by atoms with Gasteiger partial charge in [0.05, 0.1) is 17.9 Å². The molecule has 1 aliphatic rings. The van der Waals surface area contributed by atoms with Crippen LogP contribution >= 0.6 is 11.8 Å². The lowest BCUT2D eigenvalue weighted by Gasteiger charge is -2.23. The smallest absolute Gasteiger partial charge is 0.212 e. The lowest BCUT2D eigenvalue weighted by atomic mass is 10.0. The maximum Gasteiger partial charge on any atom is 0.212 e. The summed E-state index contributed by atoms with van der Waals surface area (Å²) >= 11 is 1.49. The van der Waals surface area contributed by atoms with Crippen molar-refractivity contribution in [1.82, 2.24) is 4.72 Å². The van der Waals surface area contributed by atoms with Crippen LogP contribution in [0.3, 0.4) is 0 Å². The molecule has 112 valence electrons. The Morgan fingerprint density at radius 3 is 2.95 bits per heavy atom. The van der Waals surface area contributed by atoms with Gasteiger partial charge in [-0.1, -0.05) is 6.07 Å². The predicted molar refractivity (Wildman–Crippen MR) is 82.3 cm³/mol. The minimum atomic E-state index is -3.29. The van der Waals surface area contributed by atoms with Crippen molar-refractivity contribution in [3.8, 4) is 0 Å². The van der Waals surface area contributed by atoms with Gasteiger partial charge in [0.2, 0.25) is 10.0 Å². The number of thioether (sulfide) groups is 1. The number of hydrogen-bond acceptors (Lipinski definition) is 5. The topological polar surface area (TPSA) is 81.4 Å². The normalized spacial score (nSPS) is 23.1. The molecule has 2 rings (SSSR count). The molecule has 0 aromatic heterocycles. The Hall–Kier alpha value is -0.760. The van der Waals surface area contributed by atoms with E-state index in [0.717, 1.165) is 4.90 Å². The Labute approximate surface area is 124 Å². The van der Waals surface area contributed by atoms with Crippen LogP contribution in [0.15, 0.2) is 29.2 Å². The van der Waals surface area contributed by atoms with E-state index in [0.29, 0.717) is 31.1 Å². The fourth-order valence-electron chi connectivity index (χ4n) is 2.05. The van der Waals surface area contributed by atoms with Gasteiger partial charge >= 0.3 is 0 Å². The van der Waals surface area contributed by atoms with E-state index in [1.165, 1.54) is 11.8 Å². The number of benzene rings is 1. The lowest BCUT2D eigenvalue weighted by molar-refractivity contribution is 0.178. The van der Waals surface area contributed by atoms with Crippen LogP contribution < -0.4 is 10.5 Å². The van der Waals surface area contributed by atoms with Crippen molar-refractivity contribution in [1.29, 1.82) is 0 Å². The van der Waals surface area contributed by atoms with Crippen molar-refractivity contribution in [2.45, 2.75) is 23.8 Å². The van der Waals surface area contributed by atoms with Crippen molar-refractivity contribution in [2.75, 3.05) is 30.5 Å². The molecule has 1 atom stereocenters. The van der Waals surface area contributed by atoms with Crippen LogP contribution in [0, 0.1) is 0 Å². The molecule has 5 nitrogen and oxygen atoms in total. The summed E-state index contributed by atoms with van der Waals surface area (Å²) in [7, 11) is -3.29. The summed E-state index contributed by atoms with van der Waals surface area (Å²) in [6.07, 6.45) is 0.717. The molecule has 1 saturated heterocycles. The van der Waals surface area contributed by atoms with Gasteiger partial charge in [-0.25, -0.2) is 13.1 Å². The van der Waals surface area contributed by atoms with Gasteiger partial charge < -0.3 is 10.5 Å². The first kappa shape index (κ1) is 15.6. The Kier molecular flexibility index (Phi) is 4.95. The maximum atomic E-state index is 12.0. The molecule has 1 aromatic carbocycles. The predicted octanol–water partition coefficient (Wildman–Crippen LogP) is 1.46. The summed E-state index contributed by atoms with van der Waals surface area (Å²) in [6, 6.07) is 7.44.